The first-order valence-corrected chi connectivity index (χ1v) is 8.21. The lowest BCUT2D eigenvalue weighted by Crippen LogP contribution is -2.11. The highest BCUT2D eigenvalue weighted by Gasteiger charge is 2.18. The van der Waals surface area contributed by atoms with E-state index >= 15 is 0 Å². The maximum atomic E-state index is 6.31. The van der Waals surface area contributed by atoms with Crippen molar-refractivity contribution in [2.45, 2.75) is 45.6 Å². The number of unbranched alkanes of at least 4 members (excludes halogenated alkanes) is 1. The van der Waals surface area contributed by atoms with Crippen LogP contribution in [0.1, 0.15) is 39.2 Å². The predicted molar refractivity (Wildman–Crippen MR) is 92.1 cm³/mol. The highest BCUT2D eigenvalue weighted by Crippen LogP contribution is 2.37. The molecule has 2 aromatic rings. The standard InChI is InChI=1S/C17H22Cl2N2O/c1-17(2,3)13-10-14(18)16(15(19)11-13)22-9-5-4-7-21-8-6-20-12-21/h6,8,10-12H,4-5,7,9H2,1-3H3. The molecule has 0 saturated heterocycles. The fraction of sp³-hybridized carbons (Fsp3) is 0.471. The van der Waals surface area contributed by atoms with E-state index in [1.54, 1.807) is 6.20 Å². The van der Waals surface area contributed by atoms with Gasteiger partial charge in [-0.15, -0.1) is 0 Å². The molecule has 1 aromatic heterocycles. The fourth-order valence-electron chi connectivity index (χ4n) is 2.12. The molecule has 0 amide bonds. The van der Waals surface area contributed by atoms with Crippen LogP contribution >= 0.6 is 23.2 Å². The van der Waals surface area contributed by atoms with E-state index in [4.69, 9.17) is 27.9 Å². The number of hydrogen-bond donors (Lipinski definition) is 0. The molecule has 0 aliphatic heterocycles. The number of aryl methyl sites for hydroxylation is 1. The summed E-state index contributed by atoms with van der Waals surface area (Å²) in [6.07, 6.45) is 7.52. The van der Waals surface area contributed by atoms with Crippen LogP contribution in [0.4, 0.5) is 0 Å². The minimum Gasteiger partial charge on any atom is -0.490 e. The Morgan fingerprint density at radius 2 is 1.82 bits per heavy atom. The van der Waals surface area contributed by atoms with Gasteiger partial charge in [0, 0.05) is 18.9 Å². The van der Waals surface area contributed by atoms with Crippen molar-refractivity contribution in [1.82, 2.24) is 9.55 Å². The van der Waals surface area contributed by atoms with Crippen LogP contribution in [0.3, 0.4) is 0 Å². The first-order valence-electron chi connectivity index (χ1n) is 7.46. The molecular formula is C17H22Cl2N2O. The molecule has 0 radical (unpaired) electrons. The van der Waals surface area contributed by atoms with Crippen LogP contribution in [-0.4, -0.2) is 16.2 Å². The molecular weight excluding hydrogens is 319 g/mol. The van der Waals surface area contributed by atoms with Gasteiger partial charge in [0.2, 0.25) is 0 Å². The summed E-state index contributed by atoms with van der Waals surface area (Å²) in [6.45, 7) is 7.93. The molecule has 1 heterocycles. The zero-order chi connectivity index (χ0) is 16.2. The Labute approximate surface area is 142 Å². The summed E-state index contributed by atoms with van der Waals surface area (Å²) in [5.41, 5.74) is 1.12. The summed E-state index contributed by atoms with van der Waals surface area (Å²) in [4.78, 5) is 4.02. The number of nitrogens with zero attached hydrogens (tertiary/aromatic N) is 2. The van der Waals surface area contributed by atoms with Crippen LogP contribution in [0, 0.1) is 0 Å². The Hall–Kier alpha value is -1.19. The van der Waals surface area contributed by atoms with E-state index in [2.05, 4.69) is 30.3 Å². The number of ether oxygens (including phenoxy) is 1. The average Bonchev–Trinajstić information content (AvgIpc) is 2.93. The molecule has 0 fully saturated rings. The van der Waals surface area contributed by atoms with Crippen molar-refractivity contribution >= 4 is 23.2 Å². The number of hydrogen-bond acceptors (Lipinski definition) is 2. The van der Waals surface area contributed by atoms with E-state index < -0.39 is 0 Å². The SMILES string of the molecule is CC(C)(C)c1cc(Cl)c(OCCCCn2ccnc2)c(Cl)c1. The van der Waals surface area contributed by atoms with Crippen molar-refractivity contribution in [2.75, 3.05) is 6.61 Å². The summed E-state index contributed by atoms with van der Waals surface area (Å²) >= 11 is 12.6. The van der Waals surface area contributed by atoms with Gasteiger partial charge in [0.25, 0.3) is 0 Å². The van der Waals surface area contributed by atoms with Gasteiger partial charge in [0.1, 0.15) is 0 Å². The highest BCUT2D eigenvalue weighted by atomic mass is 35.5. The molecule has 0 aliphatic carbocycles. The lowest BCUT2D eigenvalue weighted by atomic mass is 9.87. The Morgan fingerprint density at radius 3 is 2.36 bits per heavy atom. The third-order valence-electron chi connectivity index (χ3n) is 3.48. The number of halogens is 2. The fourth-order valence-corrected chi connectivity index (χ4v) is 2.72. The Morgan fingerprint density at radius 1 is 1.14 bits per heavy atom. The van der Waals surface area contributed by atoms with Crippen LogP contribution < -0.4 is 4.74 Å². The average molecular weight is 341 g/mol. The van der Waals surface area contributed by atoms with Crippen LogP contribution in [0.2, 0.25) is 10.0 Å². The molecule has 3 nitrogen and oxygen atoms in total. The van der Waals surface area contributed by atoms with E-state index in [0.29, 0.717) is 22.4 Å². The Bertz CT molecular complexity index is 581. The quantitative estimate of drug-likeness (QED) is 0.663. The van der Waals surface area contributed by atoms with Gasteiger partial charge in [0.15, 0.2) is 5.75 Å². The lowest BCUT2D eigenvalue weighted by Gasteiger charge is -2.21. The molecule has 2 rings (SSSR count). The monoisotopic (exact) mass is 340 g/mol. The normalized spacial score (nSPS) is 11.7. The molecule has 0 bridgehead atoms. The van der Waals surface area contributed by atoms with Crippen LogP contribution in [0.5, 0.6) is 5.75 Å². The molecule has 0 unspecified atom stereocenters. The third kappa shape index (κ3) is 4.65. The molecule has 22 heavy (non-hydrogen) atoms. The van der Waals surface area contributed by atoms with Crippen molar-refractivity contribution < 1.29 is 4.74 Å². The summed E-state index contributed by atoms with van der Waals surface area (Å²) in [5, 5.41) is 1.15. The van der Waals surface area contributed by atoms with E-state index in [0.717, 1.165) is 24.9 Å². The van der Waals surface area contributed by atoms with E-state index in [1.165, 1.54) is 0 Å². The first-order chi connectivity index (χ1) is 10.4. The molecule has 0 atom stereocenters. The van der Waals surface area contributed by atoms with Gasteiger partial charge >= 0.3 is 0 Å². The Kier molecular flexibility index (Phi) is 5.76. The van der Waals surface area contributed by atoms with Crippen LogP contribution in [0.15, 0.2) is 30.9 Å². The topological polar surface area (TPSA) is 27.1 Å². The van der Waals surface area contributed by atoms with E-state index in [-0.39, 0.29) is 5.41 Å². The van der Waals surface area contributed by atoms with Crippen LogP contribution in [-0.2, 0) is 12.0 Å². The van der Waals surface area contributed by atoms with Gasteiger partial charge in [0.05, 0.1) is 23.0 Å². The van der Waals surface area contributed by atoms with Gasteiger partial charge < -0.3 is 9.30 Å². The lowest BCUT2D eigenvalue weighted by molar-refractivity contribution is 0.303. The minimum absolute atomic E-state index is 0.0105. The summed E-state index contributed by atoms with van der Waals surface area (Å²) in [5.74, 6) is 0.582. The molecule has 0 aliphatic rings. The van der Waals surface area contributed by atoms with Crippen molar-refractivity contribution in [3.05, 3.63) is 46.5 Å². The number of aromatic nitrogens is 2. The highest BCUT2D eigenvalue weighted by molar-refractivity contribution is 6.37. The zero-order valence-electron chi connectivity index (χ0n) is 13.3. The molecule has 0 spiro atoms. The van der Waals surface area contributed by atoms with Gasteiger partial charge in [-0.3, -0.25) is 0 Å². The maximum Gasteiger partial charge on any atom is 0.156 e. The zero-order valence-corrected chi connectivity index (χ0v) is 14.8. The first kappa shape index (κ1) is 17.2. The number of rotatable bonds is 6. The number of benzene rings is 1. The summed E-state index contributed by atoms with van der Waals surface area (Å²) < 4.78 is 7.82. The van der Waals surface area contributed by atoms with Gasteiger partial charge in [-0.25, -0.2) is 4.98 Å². The second-order valence-electron chi connectivity index (χ2n) is 6.38. The van der Waals surface area contributed by atoms with E-state index in [9.17, 15) is 0 Å². The predicted octanol–water partition coefficient (Wildman–Crippen LogP) is 5.35. The summed E-state index contributed by atoms with van der Waals surface area (Å²) in [7, 11) is 0. The van der Waals surface area contributed by atoms with Gasteiger partial charge in [-0.05, 0) is 36.0 Å². The summed E-state index contributed by atoms with van der Waals surface area (Å²) in [6, 6.07) is 3.88. The van der Waals surface area contributed by atoms with Crippen molar-refractivity contribution in [1.29, 1.82) is 0 Å². The van der Waals surface area contributed by atoms with Gasteiger partial charge in [-0.1, -0.05) is 44.0 Å². The molecule has 120 valence electrons. The molecule has 5 heteroatoms. The Balaban J connectivity index is 1.87. The second kappa shape index (κ2) is 7.38. The molecule has 1 aromatic carbocycles. The van der Waals surface area contributed by atoms with Gasteiger partial charge in [-0.2, -0.15) is 0 Å². The van der Waals surface area contributed by atoms with Crippen LogP contribution in [0.25, 0.3) is 0 Å². The van der Waals surface area contributed by atoms with Crippen molar-refractivity contribution in [3.8, 4) is 5.75 Å². The largest absolute Gasteiger partial charge is 0.490 e. The molecule has 0 N–H and O–H groups in total. The van der Waals surface area contributed by atoms with E-state index in [1.807, 2.05) is 24.7 Å². The molecule has 0 saturated carbocycles. The number of imidazole rings is 1. The maximum absolute atomic E-state index is 6.31. The minimum atomic E-state index is 0.0105. The van der Waals surface area contributed by atoms with Crippen molar-refractivity contribution in [2.24, 2.45) is 0 Å². The second-order valence-corrected chi connectivity index (χ2v) is 7.19. The smallest absolute Gasteiger partial charge is 0.156 e. The third-order valence-corrected chi connectivity index (χ3v) is 4.04. The van der Waals surface area contributed by atoms with Crippen molar-refractivity contribution in [3.63, 3.8) is 0 Å².